The molecule has 1 saturated heterocycles. The molecular weight excluding hydrogens is 395 g/mol. The van der Waals surface area contributed by atoms with Crippen molar-refractivity contribution < 1.29 is 22.7 Å². The molecule has 5 nitrogen and oxygen atoms in total. The molecule has 160 valence electrons. The summed E-state index contributed by atoms with van der Waals surface area (Å²) in [5.41, 5.74) is 5.14. The topological polar surface area (TPSA) is 67.6 Å². The first kappa shape index (κ1) is 24.7. The highest BCUT2D eigenvalue weighted by molar-refractivity contribution is 5.85. The first-order chi connectivity index (χ1) is 12.6. The van der Waals surface area contributed by atoms with Crippen LogP contribution in [0.3, 0.4) is 0 Å². The molecular formula is C19H29ClF3N3O2. The van der Waals surface area contributed by atoms with Crippen LogP contribution in [-0.2, 0) is 15.7 Å². The second kappa shape index (κ2) is 10.4. The molecule has 0 radical (unpaired) electrons. The van der Waals surface area contributed by atoms with Crippen molar-refractivity contribution in [2.24, 2.45) is 5.73 Å². The Morgan fingerprint density at radius 1 is 1.25 bits per heavy atom. The van der Waals surface area contributed by atoms with Crippen LogP contribution in [0.4, 0.5) is 13.2 Å². The molecule has 1 heterocycles. The first-order valence-electron chi connectivity index (χ1n) is 9.21. The lowest BCUT2D eigenvalue weighted by Crippen LogP contribution is -2.53. The third-order valence-electron chi connectivity index (χ3n) is 4.85. The van der Waals surface area contributed by atoms with Gasteiger partial charge in [-0.15, -0.1) is 12.4 Å². The average Bonchev–Trinajstić information content (AvgIpc) is 2.62. The number of halogens is 4. The van der Waals surface area contributed by atoms with E-state index < -0.39 is 17.3 Å². The smallest absolute Gasteiger partial charge is 0.379 e. The number of nitrogens with two attached hydrogens (primary N) is 1. The van der Waals surface area contributed by atoms with E-state index in [0.29, 0.717) is 32.7 Å². The number of carbonyl (C=O) groups is 1. The molecule has 1 fully saturated rings. The number of amides is 1. The van der Waals surface area contributed by atoms with Crippen LogP contribution in [0.5, 0.6) is 0 Å². The minimum atomic E-state index is -4.37. The van der Waals surface area contributed by atoms with E-state index in [1.165, 1.54) is 12.1 Å². The molecule has 1 aromatic rings. The number of nitrogens with one attached hydrogen (secondary N) is 1. The number of hydrogen-bond acceptors (Lipinski definition) is 4. The van der Waals surface area contributed by atoms with Crippen molar-refractivity contribution in [1.29, 1.82) is 0 Å². The normalized spacial score (nSPS) is 18.6. The third kappa shape index (κ3) is 6.62. The maximum Gasteiger partial charge on any atom is 0.416 e. The van der Waals surface area contributed by atoms with Crippen molar-refractivity contribution in [2.75, 3.05) is 32.8 Å². The van der Waals surface area contributed by atoms with Crippen LogP contribution in [0.25, 0.3) is 0 Å². The van der Waals surface area contributed by atoms with Crippen LogP contribution in [0.2, 0.25) is 0 Å². The van der Waals surface area contributed by atoms with Gasteiger partial charge in [-0.1, -0.05) is 25.5 Å². The molecule has 1 amide bonds. The number of rotatable bonds is 7. The standard InChI is InChI=1S/C19H28F3N3O2.ClH/c1-3-8-18(2,23)17(26)24-13-16(25-9-11-27-12-10-25)14-4-6-15(7-5-14)19(20,21)22;/h4-7,16H,3,8-13,23H2,1-2H3,(H,24,26);1H. The van der Waals surface area contributed by atoms with E-state index in [9.17, 15) is 18.0 Å². The van der Waals surface area contributed by atoms with E-state index in [1.807, 2.05) is 6.92 Å². The van der Waals surface area contributed by atoms with E-state index in [-0.39, 0.29) is 30.9 Å². The molecule has 2 unspecified atom stereocenters. The lowest BCUT2D eigenvalue weighted by atomic mass is 9.96. The summed E-state index contributed by atoms with van der Waals surface area (Å²) in [6.45, 7) is 6.32. The van der Waals surface area contributed by atoms with E-state index in [2.05, 4.69) is 10.2 Å². The molecule has 28 heavy (non-hydrogen) atoms. The highest BCUT2D eigenvalue weighted by Crippen LogP contribution is 2.31. The number of morpholine rings is 1. The lowest BCUT2D eigenvalue weighted by molar-refractivity contribution is -0.137. The molecule has 0 saturated carbocycles. The van der Waals surface area contributed by atoms with Gasteiger partial charge in [0.2, 0.25) is 5.91 Å². The molecule has 0 spiro atoms. The molecule has 0 bridgehead atoms. The first-order valence-corrected chi connectivity index (χ1v) is 9.21. The molecule has 2 rings (SSSR count). The summed E-state index contributed by atoms with van der Waals surface area (Å²) in [6, 6.07) is 4.87. The average molecular weight is 424 g/mol. The minimum absolute atomic E-state index is 0. The van der Waals surface area contributed by atoms with Gasteiger partial charge in [-0.25, -0.2) is 0 Å². The predicted octanol–water partition coefficient (Wildman–Crippen LogP) is 3.13. The number of benzene rings is 1. The molecule has 1 aliphatic rings. The van der Waals surface area contributed by atoms with Gasteiger partial charge in [-0.05, 0) is 31.0 Å². The number of ether oxygens (including phenoxy) is 1. The molecule has 1 aromatic carbocycles. The second-order valence-electron chi connectivity index (χ2n) is 7.16. The maximum atomic E-state index is 12.8. The summed E-state index contributed by atoms with van der Waals surface area (Å²) in [4.78, 5) is 14.5. The Labute approximate surface area is 170 Å². The van der Waals surface area contributed by atoms with Crippen molar-refractivity contribution in [3.8, 4) is 0 Å². The molecule has 1 aliphatic heterocycles. The fraction of sp³-hybridized carbons (Fsp3) is 0.632. The summed E-state index contributed by atoms with van der Waals surface area (Å²) in [6.07, 6.45) is -3.03. The van der Waals surface area contributed by atoms with Gasteiger partial charge in [0.25, 0.3) is 0 Å². The zero-order valence-electron chi connectivity index (χ0n) is 16.2. The molecule has 0 aliphatic carbocycles. The van der Waals surface area contributed by atoms with E-state index in [1.54, 1.807) is 6.92 Å². The van der Waals surface area contributed by atoms with Crippen LogP contribution >= 0.6 is 12.4 Å². The zero-order valence-corrected chi connectivity index (χ0v) is 17.0. The Morgan fingerprint density at radius 3 is 2.32 bits per heavy atom. The highest BCUT2D eigenvalue weighted by atomic mass is 35.5. The van der Waals surface area contributed by atoms with Crippen molar-refractivity contribution in [2.45, 2.75) is 44.4 Å². The van der Waals surface area contributed by atoms with E-state index in [4.69, 9.17) is 10.5 Å². The predicted molar refractivity (Wildman–Crippen MR) is 104 cm³/mol. The number of hydrogen-bond donors (Lipinski definition) is 2. The van der Waals surface area contributed by atoms with Gasteiger partial charge in [-0.3, -0.25) is 9.69 Å². The van der Waals surface area contributed by atoms with Crippen LogP contribution < -0.4 is 11.1 Å². The quantitative estimate of drug-likeness (QED) is 0.707. The minimum Gasteiger partial charge on any atom is -0.379 e. The monoisotopic (exact) mass is 423 g/mol. The Hall–Kier alpha value is -1.35. The Bertz CT molecular complexity index is 618. The van der Waals surface area contributed by atoms with Gasteiger partial charge in [0.15, 0.2) is 0 Å². The van der Waals surface area contributed by atoms with Crippen LogP contribution in [-0.4, -0.2) is 49.2 Å². The number of alkyl halides is 3. The molecule has 2 atom stereocenters. The Balaban J connectivity index is 0.00000392. The summed E-state index contributed by atoms with van der Waals surface area (Å²) in [5, 5.41) is 2.88. The number of carbonyl (C=O) groups excluding carboxylic acids is 1. The van der Waals surface area contributed by atoms with Crippen LogP contribution in [0, 0.1) is 0 Å². The van der Waals surface area contributed by atoms with Gasteiger partial charge in [0.1, 0.15) is 0 Å². The summed E-state index contributed by atoms with van der Waals surface area (Å²) in [7, 11) is 0. The van der Waals surface area contributed by atoms with Gasteiger partial charge in [0.05, 0.1) is 30.4 Å². The van der Waals surface area contributed by atoms with E-state index >= 15 is 0 Å². The maximum absolute atomic E-state index is 12.8. The zero-order chi connectivity index (χ0) is 20.1. The Morgan fingerprint density at radius 2 is 1.82 bits per heavy atom. The van der Waals surface area contributed by atoms with Crippen molar-refractivity contribution in [3.05, 3.63) is 35.4 Å². The molecule has 9 heteroatoms. The van der Waals surface area contributed by atoms with Crippen molar-refractivity contribution in [3.63, 3.8) is 0 Å². The lowest BCUT2D eigenvalue weighted by Gasteiger charge is -2.35. The van der Waals surface area contributed by atoms with Crippen molar-refractivity contribution in [1.82, 2.24) is 10.2 Å². The molecule has 0 aromatic heterocycles. The second-order valence-corrected chi connectivity index (χ2v) is 7.16. The summed E-state index contributed by atoms with van der Waals surface area (Å²) >= 11 is 0. The molecule has 3 N–H and O–H groups in total. The Kier molecular flexibility index (Phi) is 9.20. The fourth-order valence-electron chi connectivity index (χ4n) is 3.27. The van der Waals surface area contributed by atoms with Gasteiger partial charge < -0.3 is 15.8 Å². The van der Waals surface area contributed by atoms with Crippen LogP contribution in [0.1, 0.15) is 43.9 Å². The van der Waals surface area contributed by atoms with Crippen LogP contribution in [0.15, 0.2) is 24.3 Å². The summed E-state index contributed by atoms with van der Waals surface area (Å²) in [5.74, 6) is -0.255. The highest BCUT2D eigenvalue weighted by Gasteiger charge is 2.32. The third-order valence-corrected chi connectivity index (χ3v) is 4.85. The summed E-state index contributed by atoms with van der Waals surface area (Å²) < 4.78 is 43.9. The van der Waals surface area contributed by atoms with Gasteiger partial charge in [-0.2, -0.15) is 13.2 Å². The van der Waals surface area contributed by atoms with Crippen molar-refractivity contribution >= 4 is 18.3 Å². The van der Waals surface area contributed by atoms with Gasteiger partial charge >= 0.3 is 6.18 Å². The van der Waals surface area contributed by atoms with Gasteiger partial charge in [0, 0.05) is 19.6 Å². The number of nitrogens with zero attached hydrogens (tertiary/aromatic N) is 1. The van der Waals surface area contributed by atoms with E-state index in [0.717, 1.165) is 24.1 Å². The SMILES string of the molecule is CCCC(C)(N)C(=O)NCC(c1ccc(C(F)(F)F)cc1)N1CCOCC1.Cl. The fourth-order valence-corrected chi connectivity index (χ4v) is 3.27. The largest absolute Gasteiger partial charge is 0.416 e.